The Hall–Kier alpha value is -0.700. The number of likely N-dealkylation sites (tertiary alicyclic amines) is 1. The van der Waals surface area contributed by atoms with Gasteiger partial charge in [-0.3, -0.25) is 9.69 Å². The molecule has 0 spiro atoms. The lowest BCUT2D eigenvalue weighted by Gasteiger charge is -2.39. The van der Waals surface area contributed by atoms with Crippen LogP contribution in [-0.4, -0.2) is 72.6 Å². The maximum Gasteiger partial charge on any atom is 0.281 e. The smallest absolute Gasteiger partial charge is 0.281 e. The Morgan fingerprint density at radius 1 is 1.00 bits per heavy atom. The van der Waals surface area contributed by atoms with Crippen LogP contribution in [0.5, 0.6) is 0 Å². The van der Waals surface area contributed by atoms with Crippen molar-refractivity contribution in [3.8, 4) is 0 Å². The predicted molar refractivity (Wildman–Crippen MR) is 113 cm³/mol. The molecule has 2 N–H and O–H groups in total. The molecular formula is C20H40N4O3S. The van der Waals surface area contributed by atoms with E-state index in [1.54, 1.807) is 8.61 Å². The van der Waals surface area contributed by atoms with Gasteiger partial charge in [-0.1, -0.05) is 27.7 Å². The van der Waals surface area contributed by atoms with E-state index >= 15 is 0 Å². The van der Waals surface area contributed by atoms with Crippen LogP contribution in [0.4, 0.5) is 0 Å². The molecule has 0 aromatic rings. The molecule has 8 heteroatoms. The quantitative estimate of drug-likeness (QED) is 0.590. The summed E-state index contributed by atoms with van der Waals surface area (Å²) in [6, 6.07) is 0.0768. The van der Waals surface area contributed by atoms with Gasteiger partial charge in [-0.2, -0.15) is 17.0 Å². The summed E-state index contributed by atoms with van der Waals surface area (Å²) in [6.45, 7) is 11.6. The van der Waals surface area contributed by atoms with E-state index in [1.807, 2.05) is 0 Å². The number of carbonyl (C=O) groups excluding carboxylic acids is 1. The second-order valence-corrected chi connectivity index (χ2v) is 11.1. The number of piperidine rings is 1. The van der Waals surface area contributed by atoms with Crippen molar-refractivity contribution in [1.29, 1.82) is 0 Å². The third-order valence-electron chi connectivity index (χ3n) is 6.08. The largest absolute Gasteiger partial charge is 0.368 e. The van der Waals surface area contributed by atoms with Crippen molar-refractivity contribution in [3.05, 3.63) is 0 Å². The zero-order valence-corrected chi connectivity index (χ0v) is 19.0. The van der Waals surface area contributed by atoms with Crippen LogP contribution < -0.4 is 5.73 Å². The molecule has 2 aliphatic rings. The van der Waals surface area contributed by atoms with Gasteiger partial charge < -0.3 is 5.73 Å². The maximum absolute atomic E-state index is 13.3. The SMILES string of the molecule is CC(C)CCN(CCC(C)C)S(=O)(=O)N1CCC(N2CCCC2C(N)=O)CC1. The molecule has 2 saturated heterocycles. The monoisotopic (exact) mass is 416 g/mol. The van der Waals surface area contributed by atoms with E-state index in [2.05, 4.69) is 32.6 Å². The first-order valence-corrected chi connectivity index (χ1v) is 12.3. The summed E-state index contributed by atoms with van der Waals surface area (Å²) in [5.74, 6) is 0.702. The number of hydrogen-bond donors (Lipinski definition) is 1. The highest BCUT2D eigenvalue weighted by Gasteiger charge is 2.38. The molecule has 0 radical (unpaired) electrons. The number of primary amides is 1. The lowest BCUT2D eigenvalue weighted by molar-refractivity contribution is -0.123. The van der Waals surface area contributed by atoms with Gasteiger partial charge in [0.15, 0.2) is 0 Å². The van der Waals surface area contributed by atoms with Crippen molar-refractivity contribution in [2.24, 2.45) is 17.6 Å². The van der Waals surface area contributed by atoms with E-state index in [-0.39, 0.29) is 18.0 Å². The average Bonchev–Trinajstić information content (AvgIpc) is 3.11. The fourth-order valence-electron chi connectivity index (χ4n) is 4.25. The molecule has 7 nitrogen and oxygen atoms in total. The lowest BCUT2D eigenvalue weighted by atomic mass is 10.0. The number of nitrogens with zero attached hydrogens (tertiary/aromatic N) is 3. The lowest BCUT2D eigenvalue weighted by Crippen LogP contribution is -2.53. The third kappa shape index (κ3) is 6.15. The number of carbonyl (C=O) groups is 1. The highest BCUT2D eigenvalue weighted by molar-refractivity contribution is 7.86. The van der Waals surface area contributed by atoms with Crippen molar-refractivity contribution < 1.29 is 13.2 Å². The molecule has 2 fully saturated rings. The number of nitrogens with two attached hydrogens (primary N) is 1. The molecule has 2 aliphatic heterocycles. The topological polar surface area (TPSA) is 87.0 Å². The first-order valence-electron chi connectivity index (χ1n) is 10.9. The summed E-state index contributed by atoms with van der Waals surface area (Å²) in [5, 5.41) is 0. The Balaban J connectivity index is 1.99. The molecule has 1 amide bonds. The third-order valence-corrected chi connectivity index (χ3v) is 8.11. The molecule has 0 aliphatic carbocycles. The molecule has 164 valence electrons. The standard InChI is InChI=1S/C20H40N4O3S/c1-16(2)7-12-22(13-8-17(3)4)28(26,27)23-14-9-18(10-15-23)24-11-5-6-19(24)20(21)25/h16-19H,5-15H2,1-4H3,(H2,21,25). The van der Waals surface area contributed by atoms with Crippen LogP contribution in [-0.2, 0) is 15.0 Å². The van der Waals surface area contributed by atoms with Gasteiger partial charge in [0.05, 0.1) is 6.04 Å². The van der Waals surface area contributed by atoms with E-state index < -0.39 is 10.2 Å². The van der Waals surface area contributed by atoms with E-state index in [4.69, 9.17) is 5.73 Å². The van der Waals surface area contributed by atoms with E-state index in [0.29, 0.717) is 38.0 Å². The zero-order chi connectivity index (χ0) is 20.9. The molecule has 28 heavy (non-hydrogen) atoms. The van der Waals surface area contributed by atoms with Gasteiger partial charge >= 0.3 is 0 Å². The zero-order valence-electron chi connectivity index (χ0n) is 18.1. The summed E-state index contributed by atoms with van der Waals surface area (Å²) < 4.78 is 29.9. The summed E-state index contributed by atoms with van der Waals surface area (Å²) in [6.07, 6.45) is 5.11. The Kier molecular flexibility index (Phi) is 8.73. The number of rotatable bonds is 10. The van der Waals surface area contributed by atoms with Crippen molar-refractivity contribution >= 4 is 16.1 Å². The molecule has 2 heterocycles. The van der Waals surface area contributed by atoms with Crippen molar-refractivity contribution in [2.75, 3.05) is 32.7 Å². The maximum atomic E-state index is 13.3. The minimum absolute atomic E-state index is 0.179. The fourth-order valence-corrected chi connectivity index (χ4v) is 5.92. The molecule has 1 unspecified atom stereocenters. The first kappa shape index (κ1) is 23.6. The summed E-state index contributed by atoms with van der Waals surface area (Å²) in [5.41, 5.74) is 5.55. The van der Waals surface area contributed by atoms with Crippen LogP contribution in [0.25, 0.3) is 0 Å². The Morgan fingerprint density at radius 2 is 1.54 bits per heavy atom. The van der Waals surface area contributed by atoms with Crippen molar-refractivity contribution in [3.63, 3.8) is 0 Å². The second kappa shape index (κ2) is 10.4. The van der Waals surface area contributed by atoms with Gasteiger partial charge in [-0.15, -0.1) is 0 Å². The second-order valence-electron chi connectivity index (χ2n) is 9.20. The van der Waals surface area contributed by atoms with Crippen LogP contribution in [0.15, 0.2) is 0 Å². The van der Waals surface area contributed by atoms with Crippen LogP contribution in [0.2, 0.25) is 0 Å². The van der Waals surface area contributed by atoms with Crippen LogP contribution in [0, 0.1) is 11.8 Å². The van der Waals surface area contributed by atoms with Crippen LogP contribution in [0.3, 0.4) is 0 Å². The van der Waals surface area contributed by atoms with Gasteiger partial charge in [-0.25, -0.2) is 0 Å². The Morgan fingerprint density at radius 3 is 2.00 bits per heavy atom. The molecule has 1 atom stereocenters. The van der Waals surface area contributed by atoms with Crippen LogP contribution in [0.1, 0.15) is 66.2 Å². The summed E-state index contributed by atoms with van der Waals surface area (Å²) >= 11 is 0. The van der Waals surface area contributed by atoms with Gasteiger partial charge in [0.2, 0.25) is 5.91 Å². The normalized spacial score (nSPS) is 23.3. The summed E-state index contributed by atoms with van der Waals surface area (Å²) in [4.78, 5) is 13.9. The molecule has 0 aromatic heterocycles. The van der Waals surface area contributed by atoms with Gasteiger partial charge in [0, 0.05) is 32.2 Å². The molecule has 2 rings (SSSR count). The van der Waals surface area contributed by atoms with Gasteiger partial charge in [-0.05, 0) is 56.9 Å². The Labute approximate surface area is 171 Å². The van der Waals surface area contributed by atoms with Crippen molar-refractivity contribution in [2.45, 2.75) is 78.3 Å². The van der Waals surface area contributed by atoms with Gasteiger partial charge in [0.25, 0.3) is 10.2 Å². The predicted octanol–water partition coefficient (Wildman–Crippen LogP) is 2.04. The highest BCUT2D eigenvalue weighted by atomic mass is 32.2. The van der Waals surface area contributed by atoms with E-state index in [0.717, 1.165) is 45.1 Å². The van der Waals surface area contributed by atoms with Crippen molar-refractivity contribution in [1.82, 2.24) is 13.5 Å². The minimum atomic E-state index is -3.44. The average molecular weight is 417 g/mol. The molecule has 0 saturated carbocycles. The number of amides is 1. The van der Waals surface area contributed by atoms with E-state index in [1.165, 1.54) is 0 Å². The van der Waals surface area contributed by atoms with Crippen LogP contribution >= 0.6 is 0 Å². The highest BCUT2D eigenvalue weighted by Crippen LogP contribution is 2.27. The summed E-state index contributed by atoms with van der Waals surface area (Å²) in [7, 11) is -3.44. The minimum Gasteiger partial charge on any atom is -0.368 e. The Bertz CT molecular complexity index is 589. The van der Waals surface area contributed by atoms with Gasteiger partial charge in [0.1, 0.15) is 0 Å². The molecule has 0 aromatic carbocycles. The number of hydrogen-bond acceptors (Lipinski definition) is 4. The fraction of sp³-hybridized carbons (Fsp3) is 0.950. The molecular weight excluding hydrogens is 376 g/mol. The first-order chi connectivity index (χ1) is 13.1. The van der Waals surface area contributed by atoms with E-state index in [9.17, 15) is 13.2 Å². The molecule has 0 bridgehead atoms.